The van der Waals surface area contributed by atoms with Gasteiger partial charge in [0, 0.05) is 10.6 Å². The summed E-state index contributed by atoms with van der Waals surface area (Å²) in [6.07, 6.45) is 10.1. The number of hydrogen-bond acceptors (Lipinski definition) is 2. The molecule has 2 rings (SSSR count). The van der Waals surface area contributed by atoms with Crippen LogP contribution in [0.3, 0.4) is 0 Å². The van der Waals surface area contributed by atoms with Crippen LogP contribution < -0.4 is 10.1 Å². The molecule has 0 heterocycles. The smallest absolute Gasteiger partial charge is 0.125 e. The van der Waals surface area contributed by atoms with E-state index < -0.39 is 0 Å². The van der Waals surface area contributed by atoms with Crippen molar-refractivity contribution in [1.82, 2.24) is 5.32 Å². The molecule has 0 saturated heterocycles. The molecule has 1 aliphatic carbocycles. The molecule has 0 amide bonds. The lowest BCUT2D eigenvalue weighted by Crippen LogP contribution is -2.23. The van der Waals surface area contributed by atoms with E-state index in [1.165, 1.54) is 49.7 Å². The Morgan fingerprint density at radius 2 is 2.05 bits per heavy atom. The van der Waals surface area contributed by atoms with Gasteiger partial charge in [0.25, 0.3) is 0 Å². The fraction of sp³-hybridized carbons (Fsp3) is 0.556. The van der Waals surface area contributed by atoms with Crippen molar-refractivity contribution in [1.29, 1.82) is 0 Å². The summed E-state index contributed by atoms with van der Waals surface area (Å²) in [6.45, 7) is 3.09. The van der Waals surface area contributed by atoms with Crippen molar-refractivity contribution in [2.24, 2.45) is 0 Å². The normalized spacial score (nSPS) is 20.0. The lowest BCUT2D eigenvalue weighted by molar-refractivity contribution is 0.402. The summed E-state index contributed by atoms with van der Waals surface area (Å²) in [5.74, 6) is 0.872. The van der Waals surface area contributed by atoms with Crippen molar-refractivity contribution in [2.75, 3.05) is 13.7 Å². The zero-order valence-electron chi connectivity index (χ0n) is 13.1. The number of allylic oxidation sites excluding steroid dienone is 1. The number of likely N-dealkylation sites (N-methyl/N-ethyl adjacent to an activating group) is 1. The maximum atomic E-state index is 6.10. The van der Waals surface area contributed by atoms with Crippen molar-refractivity contribution >= 4 is 11.6 Å². The Labute approximate surface area is 133 Å². The second-order valence-electron chi connectivity index (χ2n) is 5.61. The summed E-state index contributed by atoms with van der Waals surface area (Å²) < 4.78 is 5.55. The Balaban J connectivity index is 2.33. The molecular formula is C18H26ClNO. The number of ether oxygens (including phenoxy) is 1. The molecule has 0 radical (unpaired) electrons. The fourth-order valence-corrected chi connectivity index (χ4v) is 3.21. The molecule has 0 bridgehead atoms. The first kappa shape index (κ1) is 16.4. The fourth-order valence-electron chi connectivity index (χ4n) is 3.05. The first-order valence-electron chi connectivity index (χ1n) is 8.02. The molecule has 0 spiro atoms. The standard InChI is InChI=1S/C18H26ClNO/c1-3-20-18(14-9-7-5-4-6-8-10-14)16-12-11-15(19)13-17(16)21-2/h9,11-13,18,20H,3-8,10H2,1-2H3/b14-9+. The molecule has 0 aromatic heterocycles. The van der Waals surface area contributed by atoms with Gasteiger partial charge in [0.15, 0.2) is 0 Å². The van der Waals surface area contributed by atoms with Crippen LogP contribution in [0.4, 0.5) is 0 Å². The van der Waals surface area contributed by atoms with E-state index in [0.717, 1.165) is 17.3 Å². The zero-order chi connectivity index (χ0) is 15.1. The lowest BCUT2D eigenvalue weighted by atomic mass is 9.90. The van der Waals surface area contributed by atoms with E-state index in [2.05, 4.69) is 24.4 Å². The molecule has 1 aromatic carbocycles. The topological polar surface area (TPSA) is 21.3 Å². The third-order valence-corrected chi connectivity index (χ3v) is 4.35. The van der Waals surface area contributed by atoms with Crippen molar-refractivity contribution < 1.29 is 4.74 Å². The van der Waals surface area contributed by atoms with Crippen LogP contribution in [0.25, 0.3) is 0 Å². The number of halogens is 1. The number of benzene rings is 1. The Morgan fingerprint density at radius 1 is 1.24 bits per heavy atom. The Hall–Kier alpha value is -0.990. The van der Waals surface area contributed by atoms with Crippen LogP contribution in [0, 0.1) is 0 Å². The minimum absolute atomic E-state index is 0.236. The molecule has 1 aromatic rings. The van der Waals surface area contributed by atoms with Crippen LogP contribution in [0.5, 0.6) is 5.75 Å². The molecule has 116 valence electrons. The van der Waals surface area contributed by atoms with Gasteiger partial charge >= 0.3 is 0 Å². The van der Waals surface area contributed by atoms with Crippen LogP contribution in [0.1, 0.15) is 57.1 Å². The molecule has 21 heavy (non-hydrogen) atoms. The van der Waals surface area contributed by atoms with Crippen LogP contribution in [0.2, 0.25) is 5.02 Å². The van der Waals surface area contributed by atoms with Crippen molar-refractivity contribution in [3.8, 4) is 5.75 Å². The maximum absolute atomic E-state index is 6.10. The molecule has 3 heteroatoms. The van der Waals surface area contributed by atoms with Crippen LogP contribution in [-0.4, -0.2) is 13.7 Å². The molecule has 0 fully saturated rings. The van der Waals surface area contributed by atoms with Gasteiger partial charge in [-0.25, -0.2) is 0 Å². The van der Waals surface area contributed by atoms with Gasteiger partial charge in [0.1, 0.15) is 5.75 Å². The zero-order valence-corrected chi connectivity index (χ0v) is 13.9. The second kappa shape index (κ2) is 8.45. The highest BCUT2D eigenvalue weighted by molar-refractivity contribution is 6.30. The monoisotopic (exact) mass is 307 g/mol. The molecular weight excluding hydrogens is 282 g/mol. The Morgan fingerprint density at radius 3 is 2.81 bits per heavy atom. The van der Waals surface area contributed by atoms with E-state index in [9.17, 15) is 0 Å². The van der Waals surface area contributed by atoms with Gasteiger partial charge < -0.3 is 10.1 Å². The Kier molecular flexibility index (Phi) is 6.59. The molecule has 0 aliphatic heterocycles. The van der Waals surface area contributed by atoms with Crippen LogP contribution >= 0.6 is 11.6 Å². The van der Waals surface area contributed by atoms with Crippen molar-refractivity contribution in [2.45, 2.75) is 51.5 Å². The number of nitrogens with one attached hydrogen (secondary N) is 1. The van der Waals surface area contributed by atoms with Gasteiger partial charge in [0.2, 0.25) is 0 Å². The van der Waals surface area contributed by atoms with Crippen LogP contribution in [0.15, 0.2) is 29.8 Å². The highest BCUT2D eigenvalue weighted by atomic mass is 35.5. The summed E-state index contributed by atoms with van der Waals surface area (Å²) in [7, 11) is 1.71. The van der Waals surface area contributed by atoms with Gasteiger partial charge in [0.05, 0.1) is 13.2 Å². The first-order chi connectivity index (χ1) is 10.3. The molecule has 1 atom stereocenters. The minimum Gasteiger partial charge on any atom is -0.496 e. The summed E-state index contributed by atoms with van der Waals surface area (Å²) in [6, 6.07) is 6.19. The second-order valence-corrected chi connectivity index (χ2v) is 6.05. The van der Waals surface area contributed by atoms with E-state index in [-0.39, 0.29) is 6.04 Å². The third kappa shape index (κ3) is 4.49. The molecule has 1 N–H and O–H groups in total. The molecule has 0 saturated carbocycles. The van der Waals surface area contributed by atoms with Gasteiger partial charge in [-0.15, -0.1) is 0 Å². The number of methoxy groups -OCH3 is 1. The maximum Gasteiger partial charge on any atom is 0.125 e. The highest BCUT2D eigenvalue weighted by Crippen LogP contribution is 2.35. The highest BCUT2D eigenvalue weighted by Gasteiger charge is 2.20. The molecule has 1 unspecified atom stereocenters. The summed E-state index contributed by atoms with van der Waals surface area (Å²) in [4.78, 5) is 0. The van der Waals surface area contributed by atoms with Crippen molar-refractivity contribution in [3.05, 3.63) is 40.4 Å². The van der Waals surface area contributed by atoms with E-state index in [1.807, 2.05) is 12.1 Å². The quantitative estimate of drug-likeness (QED) is 0.747. The van der Waals surface area contributed by atoms with Gasteiger partial charge in [-0.1, -0.05) is 49.1 Å². The predicted octanol–water partition coefficient (Wildman–Crippen LogP) is 5.28. The summed E-state index contributed by atoms with van der Waals surface area (Å²) in [5.41, 5.74) is 2.69. The van der Waals surface area contributed by atoms with Gasteiger partial charge in [-0.2, -0.15) is 0 Å². The first-order valence-corrected chi connectivity index (χ1v) is 8.39. The number of hydrogen-bond donors (Lipinski definition) is 1. The SMILES string of the molecule is CCNC(/C1=C/CCCCCC1)c1ccc(Cl)cc1OC. The predicted molar refractivity (Wildman–Crippen MR) is 90.2 cm³/mol. The van der Waals surface area contributed by atoms with Gasteiger partial charge in [-0.05, 0) is 44.4 Å². The van der Waals surface area contributed by atoms with Gasteiger partial charge in [-0.3, -0.25) is 0 Å². The third-order valence-electron chi connectivity index (χ3n) is 4.11. The average Bonchev–Trinajstić information content (AvgIpc) is 2.45. The van der Waals surface area contributed by atoms with Crippen molar-refractivity contribution in [3.63, 3.8) is 0 Å². The molecule has 2 nitrogen and oxygen atoms in total. The van der Waals surface area contributed by atoms with E-state index in [1.54, 1.807) is 7.11 Å². The number of rotatable bonds is 5. The Bertz CT molecular complexity index is 484. The summed E-state index contributed by atoms with van der Waals surface area (Å²) in [5, 5.41) is 4.34. The van der Waals surface area contributed by atoms with E-state index >= 15 is 0 Å². The largest absolute Gasteiger partial charge is 0.496 e. The lowest BCUT2D eigenvalue weighted by Gasteiger charge is -2.25. The molecule has 1 aliphatic rings. The minimum atomic E-state index is 0.236. The average molecular weight is 308 g/mol. The van der Waals surface area contributed by atoms with E-state index in [0.29, 0.717) is 0 Å². The van der Waals surface area contributed by atoms with E-state index in [4.69, 9.17) is 16.3 Å². The summed E-state index contributed by atoms with van der Waals surface area (Å²) >= 11 is 6.10. The van der Waals surface area contributed by atoms with Crippen LogP contribution in [-0.2, 0) is 0 Å².